The SMILES string of the molecule is CCC(C)NC(=O)C(C)N(Cc1ccccc1F)C(=O)CN(c1cc(OC)ccc1OC)S(=O)(=O)c1ccc(C)cc1. The Hall–Kier alpha value is -4.12. The molecule has 2 atom stereocenters. The van der Waals surface area contributed by atoms with Gasteiger partial charge in [-0.3, -0.25) is 13.9 Å². The molecule has 0 heterocycles. The molecular weight excluding hydrogens is 561 g/mol. The monoisotopic (exact) mass is 599 g/mol. The Balaban J connectivity index is 2.13. The van der Waals surface area contributed by atoms with Crippen LogP contribution in [0, 0.1) is 12.7 Å². The summed E-state index contributed by atoms with van der Waals surface area (Å²) in [6.45, 7) is 6.14. The van der Waals surface area contributed by atoms with Gasteiger partial charge in [0, 0.05) is 24.2 Å². The highest BCUT2D eigenvalue weighted by atomic mass is 32.2. The van der Waals surface area contributed by atoms with Gasteiger partial charge in [0.25, 0.3) is 10.0 Å². The van der Waals surface area contributed by atoms with Crippen molar-refractivity contribution in [1.29, 1.82) is 0 Å². The zero-order valence-electron chi connectivity index (χ0n) is 24.8. The van der Waals surface area contributed by atoms with Gasteiger partial charge in [-0.1, -0.05) is 42.8 Å². The first-order valence-corrected chi connectivity index (χ1v) is 15.0. The number of anilines is 1. The normalized spacial score (nSPS) is 12.6. The number of halogens is 1. The maximum absolute atomic E-state index is 14.7. The van der Waals surface area contributed by atoms with Gasteiger partial charge in [-0.05, 0) is 57.5 Å². The standard InChI is InChI=1S/C31H38FN3O6S/c1-7-22(3)33-31(37)23(4)34(19-24-10-8-9-11-27(24)32)30(36)20-35(28-18-25(40-5)14-17-29(28)41-6)42(38,39)26-15-12-21(2)13-16-26/h8-18,22-23H,7,19-20H2,1-6H3,(H,33,37). The van der Waals surface area contributed by atoms with E-state index in [9.17, 15) is 22.4 Å². The lowest BCUT2D eigenvalue weighted by atomic mass is 10.1. The van der Waals surface area contributed by atoms with E-state index in [4.69, 9.17) is 9.47 Å². The second kappa shape index (κ2) is 14.2. The lowest BCUT2D eigenvalue weighted by molar-refractivity contribution is -0.139. The van der Waals surface area contributed by atoms with E-state index in [0.29, 0.717) is 12.2 Å². The quantitative estimate of drug-likeness (QED) is 0.306. The topological polar surface area (TPSA) is 105 Å². The molecule has 0 fully saturated rings. The highest BCUT2D eigenvalue weighted by Crippen LogP contribution is 2.36. The van der Waals surface area contributed by atoms with E-state index in [1.54, 1.807) is 24.3 Å². The van der Waals surface area contributed by atoms with Gasteiger partial charge in [-0.25, -0.2) is 12.8 Å². The molecule has 0 bridgehead atoms. The van der Waals surface area contributed by atoms with Crippen LogP contribution in [-0.2, 0) is 26.2 Å². The van der Waals surface area contributed by atoms with Gasteiger partial charge in [-0.15, -0.1) is 0 Å². The van der Waals surface area contributed by atoms with Gasteiger partial charge in [0.05, 0.1) is 24.8 Å². The van der Waals surface area contributed by atoms with Crippen LogP contribution in [0.15, 0.2) is 71.6 Å². The summed E-state index contributed by atoms with van der Waals surface area (Å²) in [6.07, 6.45) is 0.665. The number of carbonyl (C=O) groups excluding carboxylic acids is 2. The van der Waals surface area contributed by atoms with Gasteiger partial charge in [0.2, 0.25) is 11.8 Å². The Kier molecular flexibility index (Phi) is 10.9. The van der Waals surface area contributed by atoms with Crippen LogP contribution in [0.5, 0.6) is 11.5 Å². The van der Waals surface area contributed by atoms with Gasteiger partial charge in [0.15, 0.2) is 0 Å². The number of benzene rings is 3. The molecule has 0 saturated heterocycles. The van der Waals surface area contributed by atoms with Crippen LogP contribution in [0.4, 0.5) is 10.1 Å². The number of methoxy groups -OCH3 is 2. The number of amides is 2. The third-order valence-electron chi connectivity index (χ3n) is 7.01. The Morgan fingerprint density at radius 2 is 1.64 bits per heavy atom. The largest absolute Gasteiger partial charge is 0.497 e. The molecule has 0 spiro atoms. The fraction of sp³-hybridized carbons (Fsp3) is 0.355. The van der Waals surface area contributed by atoms with E-state index >= 15 is 0 Å². The highest BCUT2D eigenvalue weighted by molar-refractivity contribution is 7.92. The molecule has 0 aliphatic rings. The average molecular weight is 600 g/mol. The minimum absolute atomic E-state index is 0.0472. The van der Waals surface area contributed by atoms with E-state index in [0.717, 1.165) is 9.87 Å². The van der Waals surface area contributed by atoms with Crippen molar-refractivity contribution in [2.75, 3.05) is 25.1 Å². The predicted octanol–water partition coefficient (Wildman–Crippen LogP) is 4.68. The molecule has 0 aromatic heterocycles. The average Bonchev–Trinajstić information content (AvgIpc) is 2.98. The fourth-order valence-corrected chi connectivity index (χ4v) is 5.62. The molecule has 11 heteroatoms. The van der Waals surface area contributed by atoms with Crippen molar-refractivity contribution in [2.45, 2.75) is 57.6 Å². The fourth-order valence-electron chi connectivity index (χ4n) is 4.20. The molecule has 3 rings (SSSR count). The predicted molar refractivity (Wildman–Crippen MR) is 160 cm³/mol. The Morgan fingerprint density at radius 1 is 0.976 bits per heavy atom. The van der Waals surface area contributed by atoms with Crippen molar-refractivity contribution in [3.63, 3.8) is 0 Å². The number of sulfonamides is 1. The Labute approximate surface area is 247 Å². The zero-order valence-corrected chi connectivity index (χ0v) is 25.6. The number of nitrogens with one attached hydrogen (secondary N) is 1. The summed E-state index contributed by atoms with van der Waals surface area (Å²) in [5.41, 5.74) is 1.10. The molecule has 0 saturated carbocycles. The molecule has 0 aliphatic heterocycles. The van der Waals surface area contributed by atoms with Crippen molar-refractivity contribution < 1.29 is 31.9 Å². The van der Waals surface area contributed by atoms with Gasteiger partial charge < -0.3 is 19.7 Å². The molecular formula is C31H38FN3O6S. The lowest BCUT2D eigenvalue weighted by Crippen LogP contribution is -2.52. The van der Waals surface area contributed by atoms with Crippen molar-refractivity contribution >= 4 is 27.5 Å². The van der Waals surface area contributed by atoms with Gasteiger partial charge >= 0.3 is 0 Å². The van der Waals surface area contributed by atoms with Gasteiger partial charge in [0.1, 0.15) is 29.9 Å². The van der Waals surface area contributed by atoms with Crippen molar-refractivity contribution in [3.05, 3.63) is 83.7 Å². The first-order valence-electron chi connectivity index (χ1n) is 13.6. The van der Waals surface area contributed by atoms with Crippen LogP contribution < -0.4 is 19.1 Å². The number of carbonyl (C=O) groups is 2. The second-order valence-corrected chi connectivity index (χ2v) is 11.8. The number of hydrogen-bond acceptors (Lipinski definition) is 6. The summed E-state index contributed by atoms with van der Waals surface area (Å²) in [4.78, 5) is 28.4. The molecule has 226 valence electrons. The van der Waals surface area contributed by atoms with E-state index in [1.807, 2.05) is 20.8 Å². The number of nitrogens with zero attached hydrogens (tertiary/aromatic N) is 2. The van der Waals surface area contributed by atoms with Crippen LogP contribution in [0.25, 0.3) is 0 Å². The Bertz CT molecular complexity index is 1500. The highest BCUT2D eigenvalue weighted by Gasteiger charge is 2.34. The summed E-state index contributed by atoms with van der Waals surface area (Å²) < 4.78 is 54.6. The molecule has 42 heavy (non-hydrogen) atoms. The number of rotatable bonds is 13. The molecule has 2 unspecified atom stereocenters. The number of hydrogen-bond donors (Lipinski definition) is 1. The van der Waals surface area contributed by atoms with Crippen LogP contribution in [0.1, 0.15) is 38.3 Å². The number of ether oxygens (including phenoxy) is 2. The molecule has 2 amide bonds. The summed E-state index contributed by atoms with van der Waals surface area (Å²) in [5, 5.41) is 2.85. The van der Waals surface area contributed by atoms with Crippen LogP contribution in [-0.4, -0.2) is 58.0 Å². The molecule has 3 aromatic rings. The van der Waals surface area contributed by atoms with Crippen molar-refractivity contribution in [2.24, 2.45) is 0 Å². The minimum atomic E-state index is -4.33. The summed E-state index contributed by atoms with van der Waals surface area (Å²) in [7, 11) is -1.51. The molecule has 9 nitrogen and oxygen atoms in total. The van der Waals surface area contributed by atoms with Crippen molar-refractivity contribution in [1.82, 2.24) is 10.2 Å². The van der Waals surface area contributed by atoms with Crippen LogP contribution >= 0.6 is 0 Å². The van der Waals surface area contributed by atoms with Crippen LogP contribution in [0.2, 0.25) is 0 Å². The van der Waals surface area contributed by atoms with E-state index < -0.39 is 40.2 Å². The molecule has 1 N–H and O–H groups in total. The molecule has 0 radical (unpaired) electrons. The van der Waals surface area contributed by atoms with Gasteiger partial charge in [-0.2, -0.15) is 0 Å². The summed E-state index contributed by atoms with van der Waals surface area (Å²) in [6, 6.07) is 15.5. The van der Waals surface area contributed by atoms with E-state index in [2.05, 4.69) is 5.32 Å². The van der Waals surface area contributed by atoms with E-state index in [-0.39, 0.29) is 34.5 Å². The maximum atomic E-state index is 14.7. The Morgan fingerprint density at radius 3 is 2.24 bits per heavy atom. The molecule has 3 aromatic carbocycles. The first kappa shape index (κ1) is 32.4. The first-order chi connectivity index (χ1) is 19.9. The zero-order chi connectivity index (χ0) is 31.0. The number of aryl methyl sites for hydroxylation is 1. The maximum Gasteiger partial charge on any atom is 0.264 e. The smallest absolute Gasteiger partial charge is 0.264 e. The van der Waals surface area contributed by atoms with E-state index in [1.165, 1.54) is 68.5 Å². The lowest BCUT2D eigenvalue weighted by Gasteiger charge is -2.33. The third kappa shape index (κ3) is 7.58. The second-order valence-electron chi connectivity index (χ2n) is 9.97. The van der Waals surface area contributed by atoms with Crippen molar-refractivity contribution in [3.8, 4) is 11.5 Å². The summed E-state index contributed by atoms with van der Waals surface area (Å²) >= 11 is 0. The van der Waals surface area contributed by atoms with Crippen LogP contribution in [0.3, 0.4) is 0 Å². The summed E-state index contributed by atoms with van der Waals surface area (Å²) in [5.74, 6) is -1.19. The molecule has 0 aliphatic carbocycles. The minimum Gasteiger partial charge on any atom is -0.497 e. The third-order valence-corrected chi connectivity index (χ3v) is 8.78.